The fourth-order valence-electron chi connectivity index (χ4n) is 13.5. The number of rotatable bonds is 23. The molecule has 0 spiro atoms. The smallest absolute Gasteiger partial charge is 0.269 e. The molecular weight excluding hydrogens is 1250 g/mol. The van der Waals surface area contributed by atoms with E-state index >= 15 is 0 Å². The van der Waals surface area contributed by atoms with E-state index in [1.165, 1.54) is 157 Å². The molecule has 9 rings (SSSR count). The number of nitro groups is 1. The molecule has 2 aromatic heterocycles. The molecule has 5 heterocycles. The third-order valence-electron chi connectivity index (χ3n) is 17.8. The van der Waals surface area contributed by atoms with Crippen LogP contribution in [0.3, 0.4) is 0 Å². The molecule has 3 aromatic carbocycles. The highest BCUT2D eigenvalue weighted by molar-refractivity contribution is 7.09. The largest absolute Gasteiger partial charge is 0.379 e. The third-order valence-corrected chi connectivity index (χ3v) is 19.1. The lowest BCUT2D eigenvalue weighted by Gasteiger charge is -2.33. The van der Waals surface area contributed by atoms with Gasteiger partial charge in [-0.15, -0.1) is 11.3 Å². The number of nitro benzene ring substituents is 1. The number of benzene rings is 3. The summed E-state index contributed by atoms with van der Waals surface area (Å²) in [4.78, 5) is 23.3. The maximum Gasteiger partial charge on any atom is 0.269 e. The van der Waals surface area contributed by atoms with Gasteiger partial charge in [-0.3, -0.25) is 19.9 Å². The fraction of sp³-hybridized carbons (Fsp3) is 0.686. The van der Waals surface area contributed by atoms with E-state index < -0.39 is 0 Å². The van der Waals surface area contributed by atoms with Gasteiger partial charge in [0.25, 0.3) is 5.69 Å². The second-order valence-electron chi connectivity index (χ2n) is 32.2. The molecule has 0 radical (unpaired) electrons. The van der Waals surface area contributed by atoms with Crippen molar-refractivity contribution in [1.29, 1.82) is 0 Å². The van der Waals surface area contributed by atoms with Crippen LogP contribution in [0.5, 0.6) is 0 Å². The summed E-state index contributed by atoms with van der Waals surface area (Å²) < 4.78 is 5.39. The predicted molar refractivity (Wildman–Crippen MR) is 427 cm³/mol. The number of morpholine rings is 1. The number of hydrogen-bond donors (Lipinski definition) is 0. The van der Waals surface area contributed by atoms with Crippen LogP contribution in [0.25, 0.3) is 0 Å². The second kappa shape index (κ2) is 54.1. The predicted octanol–water partition coefficient (Wildman–Crippen LogP) is 24.9. The molecule has 550 valence electrons. The van der Waals surface area contributed by atoms with E-state index in [0.29, 0.717) is 17.0 Å². The molecule has 3 saturated heterocycles. The van der Waals surface area contributed by atoms with Gasteiger partial charge in [-0.2, -0.15) is 0 Å². The van der Waals surface area contributed by atoms with Crippen molar-refractivity contribution in [2.45, 2.75) is 247 Å². The molecule has 4 fully saturated rings. The highest BCUT2D eigenvalue weighted by Crippen LogP contribution is 2.29. The Morgan fingerprint density at radius 3 is 1.30 bits per heavy atom. The van der Waals surface area contributed by atoms with Gasteiger partial charge in [-0.1, -0.05) is 247 Å². The minimum Gasteiger partial charge on any atom is -0.379 e. The van der Waals surface area contributed by atoms with E-state index in [9.17, 15) is 10.1 Å². The molecule has 0 N–H and O–H groups in total. The van der Waals surface area contributed by atoms with Gasteiger partial charge in [0.15, 0.2) is 0 Å². The number of thiophene rings is 1. The summed E-state index contributed by atoms with van der Waals surface area (Å²) in [6, 6.07) is 33.8. The zero-order valence-corrected chi connectivity index (χ0v) is 67.4. The molecule has 11 heteroatoms. The molecule has 0 atom stereocenters. The molecule has 1 aliphatic carbocycles. The molecule has 8 nitrogen and oxygen atoms in total. The van der Waals surface area contributed by atoms with Crippen molar-refractivity contribution in [3.05, 3.63) is 162 Å². The number of halogens is 2. The zero-order chi connectivity index (χ0) is 71.9. The van der Waals surface area contributed by atoms with Crippen LogP contribution in [-0.4, -0.2) is 90.2 Å². The average Bonchev–Trinajstić information content (AvgIpc) is 2.54. The van der Waals surface area contributed by atoms with Crippen molar-refractivity contribution in [1.82, 2.24) is 19.7 Å². The fourth-order valence-corrected chi connectivity index (χ4v) is 14.7. The van der Waals surface area contributed by atoms with Crippen LogP contribution in [0, 0.1) is 81.1 Å². The first kappa shape index (κ1) is 89.4. The van der Waals surface area contributed by atoms with E-state index in [1.807, 2.05) is 53.9 Å². The van der Waals surface area contributed by atoms with Crippen molar-refractivity contribution in [3.63, 3.8) is 0 Å². The van der Waals surface area contributed by atoms with E-state index in [2.05, 4.69) is 204 Å². The number of pyridine rings is 1. The molecule has 5 aromatic rings. The highest BCUT2D eigenvalue weighted by Gasteiger charge is 2.22. The van der Waals surface area contributed by atoms with Crippen LogP contribution in [0.2, 0.25) is 10.2 Å². The van der Waals surface area contributed by atoms with Gasteiger partial charge in [-0.05, 0) is 246 Å². The van der Waals surface area contributed by atoms with Crippen LogP contribution in [-0.2, 0) is 37.0 Å². The summed E-state index contributed by atoms with van der Waals surface area (Å²) in [7, 11) is 0. The number of nitrogens with zero attached hydrogens (tertiary/aromatic N) is 5. The van der Waals surface area contributed by atoms with Gasteiger partial charge >= 0.3 is 0 Å². The monoisotopic (exact) mass is 1400 g/mol. The Morgan fingerprint density at radius 2 is 0.897 bits per heavy atom. The molecule has 97 heavy (non-hydrogen) atoms. The van der Waals surface area contributed by atoms with E-state index in [-0.39, 0.29) is 10.6 Å². The first-order chi connectivity index (χ1) is 46.1. The van der Waals surface area contributed by atoms with Gasteiger partial charge in [-0.25, -0.2) is 4.98 Å². The van der Waals surface area contributed by atoms with Crippen molar-refractivity contribution in [3.8, 4) is 0 Å². The number of non-ortho nitro benzene ring substituents is 1. The third kappa shape index (κ3) is 49.5. The molecule has 0 bridgehead atoms. The Bertz CT molecular complexity index is 2520. The number of ether oxygens (including phenoxy) is 1. The lowest BCUT2D eigenvalue weighted by Crippen LogP contribution is -2.39. The van der Waals surface area contributed by atoms with Gasteiger partial charge in [0, 0.05) is 47.9 Å². The van der Waals surface area contributed by atoms with Crippen LogP contribution >= 0.6 is 34.5 Å². The van der Waals surface area contributed by atoms with Gasteiger partial charge in [0.05, 0.1) is 18.1 Å². The molecule has 4 aliphatic rings. The Kier molecular flexibility index (Phi) is 49.9. The van der Waals surface area contributed by atoms with Crippen molar-refractivity contribution < 1.29 is 9.66 Å². The molecule has 0 amide bonds. The molecule has 0 unspecified atom stereocenters. The van der Waals surface area contributed by atoms with E-state index in [0.717, 1.165) is 122 Å². The Morgan fingerprint density at radius 1 is 0.464 bits per heavy atom. The number of likely N-dealkylation sites (tertiary alicyclic amines) is 2. The SMILES string of the molecule is CC(C)CC(C)C.CC(C)CC1CCCCC1.CC(C)CC1CCN(CCCN2CCOCC2)CC1.CC(C)CC1CCN(Cc2ccccc2)CC1.CC(C)Cc1ccc(Cl)cc1.CC(C)Cc1ccc(Cl)nc1.CC(C)Cc1ccc([N+](=O)[O-])cc1.CC(C)Cc1cccs1. The van der Waals surface area contributed by atoms with Crippen LogP contribution in [0.15, 0.2) is 115 Å². The first-order valence-corrected chi connectivity index (χ1v) is 40.2. The lowest BCUT2D eigenvalue weighted by atomic mass is 9.84. The summed E-state index contributed by atoms with van der Waals surface area (Å²) in [6.07, 6.45) is 26.4. The minimum atomic E-state index is -0.376. The standard InChI is InChI=1S/C16H32N2O.C16H25N.C10H13Cl.C10H13NO2.C10H20.C9H12ClN.C8H12S.C7H16/c1-15(2)14-16-4-8-17(9-5-16)6-3-7-18-10-12-19-13-11-18;1-14(2)12-15-8-10-17(11-9-15)13-16-6-4-3-5-7-16;1-8(2)7-9-3-5-10(11)6-4-9;1-8(2)7-9-3-5-10(6-4-9)11(12)13;1-9(2)8-10-6-4-3-5-7-10;1-7(2)5-8-3-4-9(10)11-6-8;1-7(2)6-8-4-3-5-9-8;1-6(2)5-7(3)4/h15-16H,3-14H2,1-2H3;3-7,14-15H,8-13H2,1-2H3;3-6,8H,7H2,1-2H3;3-6,8H,7H2,1-2H3;9-10H,3-8H2,1-2H3;3-4,6-7H,5H2,1-2H3;3-5,7H,6H2,1-2H3;6-7H,5H2,1-4H3. The highest BCUT2D eigenvalue weighted by atomic mass is 35.5. The molecule has 1 saturated carbocycles. The Balaban J connectivity index is 0.000000384. The van der Waals surface area contributed by atoms with Crippen LogP contribution in [0.4, 0.5) is 5.69 Å². The van der Waals surface area contributed by atoms with Crippen molar-refractivity contribution in [2.75, 3.05) is 65.6 Å². The second-order valence-corrected chi connectivity index (χ2v) is 34.1. The van der Waals surface area contributed by atoms with E-state index in [1.54, 1.807) is 12.1 Å². The van der Waals surface area contributed by atoms with Gasteiger partial charge in [0.1, 0.15) is 5.15 Å². The van der Waals surface area contributed by atoms with Gasteiger partial charge < -0.3 is 9.64 Å². The maximum atomic E-state index is 10.3. The normalized spacial score (nSPS) is 15.8. The minimum absolute atomic E-state index is 0.160. The summed E-state index contributed by atoms with van der Waals surface area (Å²) in [5.41, 5.74) is 5.39. The topological polar surface area (TPSA) is 75.0 Å². The number of aromatic nitrogens is 1. The summed E-state index contributed by atoms with van der Waals surface area (Å²) >= 11 is 13.2. The summed E-state index contributed by atoms with van der Waals surface area (Å²) in [6.45, 7) is 53.8. The van der Waals surface area contributed by atoms with Crippen molar-refractivity contribution in [2.24, 2.45) is 71.0 Å². The molecular formula is C86H143Cl2N5O3S. The number of piperidine rings is 2. The zero-order valence-electron chi connectivity index (χ0n) is 65.0. The van der Waals surface area contributed by atoms with Crippen LogP contribution in [0.1, 0.15) is 242 Å². The average molecular weight is 1400 g/mol. The quantitative estimate of drug-likeness (QED) is 0.0366. The number of hydrogen-bond acceptors (Lipinski definition) is 8. The summed E-state index contributed by atoms with van der Waals surface area (Å²) in [5, 5.41) is 13.9. The summed E-state index contributed by atoms with van der Waals surface area (Å²) in [5.74, 6) is 10.2. The van der Waals surface area contributed by atoms with E-state index in [4.69, 9.17) is 27.9 Å². The maximum absolute atomic E-state index is 10.3. The Labute approximate surface area is 611 Å². The van der Waals surface area contributed by atoms with Crippen LogP contribution < -0.4 is 0 Å². The lowest BCUT2D eigenvalue weighted by molar-refractivity contribution is -0.384. The van der Waals surface area contributed by atoms with Gasteiger partial charge in [0.2, 0.25) is 0 Å². The van der Waals surface area contributed by atoms with Crippen molar-refractivity contribution >= 4 is 40.2 Å². The molecule has 3 aliphatic heterocycles. The first-order valence-electron chi connectivity index (χ1n) is 38.5. The Hall–Kier alpha value is -3.67.